The van der Waals surface area contributed by atoms with Crippen molar-refractivity contribution in [1.82, 2.24) is 30.3 Å². The molecule has 2 aromatic rings. The fourth-order valence-electron chi connectivity index (χ4n) is 7.08. The number of hydrogen-bond donors (Lipinski definition) is 1. The van der Waals surface area contributed by atoms with Gasteiger partial charge in [-0.3, -0.25) is 14.5 Å². The SMILES string of the molecule is COCCCNCCCC(C(C)C)N1CC2(CCN(c3ncnnc3Oc3c(OC=O)cc(F)cc3C(=O)N(C(C)C)C(C)C)C2)C1. The molecule has 0 aliphatic carbocycles. The minimum absolute atomic E-state index is 0.0517. The highest BCUT2D eigenvalue weighted by atomic mass is 19.1. The van der Waals surface area contributed by atoms with Gasteiger partial charge in [-0.2, -0.15) is 0 Å². The molecule has 47 heavy (non-hydrogen) atoms. The lowest BCUT2D eigenvalue weighted by molar-refractivity contribution is -0.120. The van der Waals surface area contributed by atoms with Crippen LogP contribution in [0.3, 0.4) is 0 Å². The Hall–Kier alpha value is -3.42. The molecule has 1 spiro atoms. The summed E-state index contributed by atoms with van der Waals surface area (Å²) in [6.45, 7) is 18.6. The molecule has 2 aliphatic rings. The van der Waals surface area contributed by atoms with Crippen molar-refractivity contribution in [3.05, 3.63) is 29.8 Å². The van der Waals surface area contributed by atoms with Crippen molar-refractivity contribution < 1.29 is 28.2 Å². The number of amides is 1. The Bertz CT molecular complexity index is 1330. The molecule has 13 heteroatoms. The second kappa shape index (κ2) is 16.6. The van der Waals surface area contributed by atoms with Gasteiger partial charge >= 0.3 is 0 Å². The van der Waals surface area contributed by atoms with Crippen LogP contribution in [0.15, 0.2) is 18.5 Å². The van der Waals surface area contributed by atoms with E-state index >= 15 is 0 Å². The number of halogens is 1. The van der Waals surface area contributed by atoms with E-state index in [-0.39, 0.29) is 46.9 Å². The Labute approximate surface area is 278 Å². The van der Waals surface area contributed by atoms with Gasteiger partial charge in [-0.05, 0) is 78.5 Å². The average Bonchev–Trinajstić information content (AvgIpc) is 3.45. The zero-order valence-corrected chi connectivity index (χ0v) is 29.0. The van der Waals surface area contributed by atoms with Crippen molar-refractivity contribution in [1.29, 1.82) is 0 Å². The van der Waals surface area contributed by atoms with Gasteiger partial charge in [0.15, 0.2) is 17.3 Å². The van der Waals surface area contributed by atoms with Crippen LogP contribution in [0.5, 0.6) is 17.4 Å². The highest BCUT2D eigenvalue weighted by Gasteiger charge is 2.50. The molecule has 12 nitrogen and oxygen atoms in total. The van der Waals surface area contributed by atoms with Gasteiger partial charge in [0.1, 0.15) is 12.1 Å². The lowest BCUT2D eigenvalue weighted by Crippen LogP contribution is -2.62. The molecule has 1 aromatic carbocycles. The van der Waals surface area contributed by atoms with Crippen LogP contribution in [-0.2, 0) is 9.53 Å². The number of anilines is 1. The second-order valence-electron chi connectivity index (χ2n) is 13.7. The third-order valence-electron chi connectivity index (χ3n) is 9.15. The summed E-state index contributed by atoms with van der Waals surface area (Å²) in [7, 11) is 1.73. The first-order valence-corrected chi connectivity index (χ1v) is 16.8. The van der Waals surface area contributed by atoms with E-state index in [1.54, 1.807) is 12.0 Å². The number of rotatable bonds is 18. The molecule has 1 aromatic heterocycles. The minimum atomic E-state index is -0.739. The van der Waals surface area contributed by atoms with E-state index in [1.807, 2.05) is 27.7 Å². The molecular formula is C34H52FN7O5. The summed E-state index contributed by atoms with van der Waals surface area (Å²) in [6, 6.07) is 2.27. The molecule has 1 unspecified atom stereocenters. The smallest absolute Gasteiger partial charge is 0.298 e. The third kappa shape index (κ3) is 8.94. The van der Waals surface area contributed by atoms with Gasteiger partial charge in [-0.25, -0.2) is 9.37 Å². The van der Waals surface area contributed by atoms with Gasteiger partial charge in [-0.15, -0.1) is 10.2 Å². The summed E-state index contributed by atoms with van der Waals surface area (Å²) in [5.41, 5.74) is 0.0456. The van der Waals surface area contributed by atoms with Crippen LogP contribution in [-0.4, -0.2) is 108 Å². The third-order valence-corrected chi connectivity index (χ3v) is 9.15. The number of hydrogen-bond acceptors (Lipinski definition) is 11. The quantitative estimate of drug-likeness (QED) is 0.180. The molecule has 2 aliphatic heterocycles. The highest BCUT2D eigenvalue weighted by Crippen LogP contribution is 2.45. The lowest BCUT2D eigenvalue weighted by atomic mass is 9.76. The number of carbonyl (C=O) groups excluding carboxylic acids is 2. The predicted molar refractivity (Wildman–Crippen MR) is 177 cm³/mol. The first-order valence-electron chi connectivity index (χ1n) is 16.8. The fraction of sp³-hybridized carbons (Fsp3) is 0.676. The molecule has 0 bridgehead atoms. The number of nitrogens with one attached hydrogen (secondary N) is 1. The number of carbonyl (C=O) groups is 2. The molecule has 3 heterocycles. The lowest BCUT2D eigenvalue weighted by Gasteiger charge is -2.53. The number of nitrogens with zero attached hydrogens (tertiary/aromatic N) is 6. The number of aromatic nitrogens is 3. The van der Waals surface area contributed by atoms with Crippen molar-refractivity contribution in [2.24, 2.45) is 11.3 Å². The van der Waals surface area contributed by atoms with Gasteiger partial charge in [0.05, 0.1) is 5.56 Å². The number of ether oxygens (including phenoxy) is 3. The molecular weight excluding hydrogens is 605 g/mol. The molecule has 1 amide bonds. The zero-order chi connectivity index (χ0) is 34.1. The van der Waals surface area contributed by atoms with Crippen LogP contribution in [0.4, 0.5) is 10.2 Å². The molecule has 2 saturated heterocycles. The van der Waals surface area contributed by atoms with E-state index in [0.717, 1.165) is 83.7 Å². The first kappa shape index (κ1) is 36.4. The van der Waals surface area contributed by atoms with Gasteiger partial charge in [0.25, 0.3) is 18.3 Å². The minimum Gasteiger partial charge on any atom is -0.430 e. The van der Waals surface area contributed by atoms with Crippen LogP contribution in [0.25, 0.3) is 0 Å². The first-order chi connectivity index (χ1) is 22.5. The van der Waals surface area contributed by atoms with Crippen molar-refractivity contribution in [3.8, 4) is 17.4 Å². The van der Waals surface area contributed by atoms with Crippen LogP contribution in [0, 0.1) is 17.2 Å². The number of methoxy groups -OCH3 is 1. The Morgan fingerprint density at radius 2 is 1.83 bits per heavy atom. The summed E-state index contributed by atoms with van der Waals surface area (Å²) < 4.78 is 31.2. The van der Waals surface area contributed by atoms with E-state index in [2.05, 4.69) is 44.1 Å². The summed E-state index contributed by atoms with van der Waals surface area (Å²) in [5.74, 6) is -0.469. The summed E-state index contributed by atoms with van der Waals surface area (Å²) in [6.07, 6.45) is 5.66. The Morgan fingerprint density at radius 3 is 2.49 bits per heavy atom. The molecule has 260 valence electrons. The van der Waals surface area contributed by atoms with Gasteiger partial charge in [-0.1, -0.05) is 13.8 Å². The van der Waals surface area contributed by atoms with Crippen LogP contribution in [0.2, 0.25) is 0 Å². The summed E-state index contributed by atoms with van der Waals surface area (Å²) >= 11 is 0. The van der Waals surface area contributed by atoms with E-state index in [1.165, 1.54) is 6.33 Å². The van der Waals surface area contributed by atoms with Crippen LogP contribution in [0.1, 0.15) is 77.6 Å². The van der Waals surface area contributed by atoms with Crippen LogP contribution >= 0.6 is 0 Å². The van der Waals surface area contributed by atoms with Crippen molar-refractivity contribution >= 4 is 18.2 Å². The highest BCUT2D eigenvalue weighted by molar-refractivity contribution is 5.98. The van der Waals surface area contributed by atoms with Crippen molar-refractivity contribution in [3.63, 3.8) is 0 Å². The maximum atomic E-state index is 14.8. The normalized spacial score (nSPS) is 16.6. The Balaban J connectivity index is 1.48. The molecule has 1 atom stereocenters. The molecule has 1 N–H and O–H groups in total. The molecule has 0 saturated carbocycles. The van der Waals surface area contributed by atoms with Gasteiger partial charge < -0.3 is 29.3 Å². The average molecular weight is 658 g/mol. The molecule has 2 fully saturated rings. The maximum absolute atomic E-state index is 14.8. The monoisotopic (exact) mass is 657 g/mol. The van der Waals surface area contributed by atoms with Crippen LogP contribution < -0.4 is 19.7 Å². The molecule has 4 rings (SSSR count). The Morgan fingerprint density at radius 1 is 1.11 bits per heavy atom. The standard InChI is InChI=1S/C34H52FN7O5/c1-23(2)28(10-8-12-36-13-9-15-45-7)41-19-34(20-41)11-14-40(18-34)31-32(39-38-21-37-31)47-30-27(16-26(35)17-29(30)46-22-43)33(44)42(24(3)4)25(5)6/h16-17,21-25,28,36H,8-15,18-20H2,1-7H3. The van der Waals surface area contributed by atoms with Crippen molar-refractivity contribution in [2.45, 2.75) is 85.4 Å². The number of likely N-dealkylation sites (tertiary alicyclic amines) is 1. The van der Waals surface area contributed by atoms with E-state index in [4.69, 9.17) is 14.2 Å². The zero-order valence-electron chi connectivity index (χ0n) is 29.0. The second-order valence-corrected chi connectivity index (χ2v) is 13.7. The largest absolute Gasteiger partial charge is 0.430 e. The molecule has 0 radical (unpaired) electrons. The Kier molecular flexibility index (Phi) is 12.9. The fourth-order valence-corrected chi connectivity index (χ4v) is 7.08. The van der Waals surface area contributed by atoms with Gasteiger partial charge in [0, 0.05) is 69.5 Å². The topological polar surface area (TPSA) is 122 Å². The van der Waals surface area contributed by atoms with E-state index in [0.29, 0.717) is 17.8 Å². The summed E-state index contributed by atoms with van der Waals surface area (Å²) in [4.78, 5) is 36.0. The van der Waals surface area contributed by atoms with Crippen molar-refractivity contribution in [2.75, 3.05) is 57.9 Å². The van der Waals surface area contributed by atoms with Gasteiger partial charge in [0.2, 0.25) is 0 Å². The summed E-state index contributed by atoms with van der Waals surface area (Å²) in [5, 5.41) is 11.7. The van der Waals surface area contributed by atoms with E-state index in [9.17, 15) is 14.0 Å². The maximum Gasteiger partial charge on any atom is 0.298 e. The number of benzene rings is 1. The predicted octanol–water partition coefficient (Wildman–Crippen LogP) is 4.54. The van der Waals surface area contributed by atoms with E-state index < -0.39 is 11.7 Å².